The van der Waals surface area contributed by atoms with Crippen LogP contribution < -0.4 is 0 Å². The predicted octanol–water partition coefficient (Wildman–Crippen LogP) is 2.39. The van der Waals surface area contributed by atoms with Gasteiger partial charge in [0.25, 0.3) is 0 Å². The lowest BCUT2D eigenvalue weighted by atomic mass is 10.2. The van der Waals surface area contributed by atoms with Crippen LogP contribution in [0.25, 0.3) is 11.0 Å². The highest BCUT2D eigenvalue weighted by Gasteiger charge is 2.17. The lowest BCUT2D eigenvalue weighted by molar-refractivity contribution is 0.188. The number of hydrogen-bond acceptors (Lipinski definition) is 3. The number of rotatable bonds is 2. The Balaban J connectivity index is 2.03. The lowest BCUT2D eigenvalue weighted by Gasteiger charge is -2.02. The molecule has 0 saturated heterocycles. The van der Waals surface area contributed by atoms with Gasteiger partial charge in [-0.25, -0.2) is 9.37 Å². The monoisotopic (exact) mass is 246 g/mol. The minimum absolute atomic E-state index is 0.331. The first-order chi connectivity index (χ1) is 8.63. The van der Waals surface area contributed by atoms with Gasteiger partial charge >= 0.3 is 0 Å². The maximum absolute atomic E-state index is 13.1. The van der Waals surface area contributed by atoms with E-state index in [1.807, 2.05) is 7.05 Å². The fraction of sp³-hybridized carbons (Fsp3) is 0.154. The molecule has 0 aliphatic heterocycles. The second kappa shape index (κ2) is 3.96. The van der Waals surface area contributed by atoms with Gasteiger partial charge in [0.1, 0.15) is 17.2 Å². The second-order valence-corrected chi connectivity index (χ2v) is 4.20. The number of furan rings is 1. The van der Waals surface area contributed by atoms with E-state index in [9.17, 15) is 9.50 Å². The third kappa shape index (κ3) is 1.78. The Labute approximate surface area is 102 Å². The third-order valence-electron chi connectivity index (χ3n) is 2.77. The minimum Gasteiger partial charge on any atom is -0.458 e. The molecule has 5 heteroatoms. The Bertz CT molecular complexity index is 702. The highest BCUT2D eigenvalue weighted by atomic mass is 19.1. The van der Waals surface area contributed by atoms with Gasteiger partial charge in [-0.05, 0) is 24.3 Å². The Morgan fingerprint density at radius 2 is 2.22 bits per heavy atom. The molecule has 2 heterocycles. The van der Waals surface area contributed by atoms with E-state index < -0.39 is 6.10 Å². The van der Waals surface area contributed by atoms with Gasteiger partial charge in [-0.15, -0.1) is 0 Å². The molecule has 0 fully saturated rings. The zero-order valence-corrected chi connectivity index (χ0v) is 9.67. The number of hydrogen-bond donors (Lipinski definition) is 1. The van der Waals surface area contributed by atoms with Crippen LogP contribution in [0.3, 0.4) is 0 Å². The number of aryl methyl sites for hydroxylation is 1. The Hall–Kier alpha value is -2.14. The van der Waals surface area contributed by atoms with Gasteiger partial charge < -0.3 is 14.1 Å². The van der Waals surface area contributed by atoms with Crippen molar-refractivity contribution in [3.8, 4) is 0 Å². The predicted molar refractivity (Wildman–Crippen MR) is 63.4 cm³/mol. The topological polar surface area (TPSA) is 51.2 Å². The molecule has 1 unspecified atom stereocenters. The summed E-state index contributed by atoms with van der Waals surface area (Å²) in [6.07, 6.45) is 2.36. The number of fused-ring (bicyclic) bond motifs is 1. The molecular weight excluding hydrogens is 235 g/mol. The van der Waals surface area contributed by atoms with Crippen LogP contribution in [0.15, 0.2) is 41.2 Å². The largest absolute Gasteiger partial charge is 0.458 e. The Morgan fingerprint density at radius 1 is 1.39 bits per heavy atom. The van der Waals surface area contributed by atoms with Gasteiger partial charge in [0.05, 0.1) is 12.0 Å². The van der Waals surface area contributed by atoms with Gasteiger partial charge in [0.2, 0.25) is 0 Å². The maximum Gasteiger partial charge on any atom is 0.155 e. The number of imidazole rings is 1. The SMILES string of the molecule is Cn1cnc(C(O)c2cc3cc(F)ccc3o2)c1. The summed E-state index contributed by atoms with van der Waals surface area (Å²) in [4.78, 5) is 4.06. The molecular formula is C13H11FN2O2. The summed E-state index contributed by atoms with van der Waals surface area (Å²) in [6.45, 7) is 0. The average molecular weight is 246 g/mol. The zero-order chi connectivity index (χ0) is 12.7. The van der Waals surface area contributed by atoms with Crippen molar-refractivity contribution in [2.24, 2.45) is 7.05 Å². The zero-order valence-electron chi connectivity index (χ0n) is 9.67. The molecule has 0 saturated carbocycles. The summed E-state index contributed by atoms with van der Waals surface area (Å²) in [5, 5.41) is 10.7. The highest BCUT2D eigenvalue weighted by molar-refractivity contribution is 5.78. The third-order valence-corrected chi connectivity index (χ3v) is 2.77. The van der Waals surface area contributed by atoms with Crippen molar-refractivity contribution in [3.63, 3.8) is 0 Å². The van der Waals surface area contributed by atoms with Gasteiger partial charge in [-0.1, -0.05) is 0 Å². The molecule has 18 heavy (non-hydrogen) atoms. The summed E-state index contributed by atoms with van der Waals surface area (Å²) >= 11 is 0. The number of benzene rings is 1. The van der Waals surface area contributed by atoms with Crippen LogP contribution in [0.2, 0.25) is 0 Å². The van der Waals surface area contributed by atoms with Crippen molar-refractivity contribution in [1.29, 1.82) is 0 Å². The molecule has 0 aliphatic carbocycles. The van der Waals surface area contributed by atoms with Crippen LogP contribution in [0, 0.1) is 5.82 Å². The fourth-order valence-corrected chi connectivity index (χ4v) is 1.89. The van der Waals surface area contributed by atoms with Crippen molar-refractivity contribution >= 4 is 11.0 Å². The molecule has 0 aliphatic rings. The van der Waals surface area contributed by atoms with Gasteiger partial charge in [0.15, 0.2) is 6.10 Å². The number of aliphatic hydroxyl groups excluding tert-OH is 1. The van der Waals surface area contributed by atoms with Crippen molar-refractivity contribution in [2.75, 3.05) is 0 Å². The van der Waals surface area contributed by atoms with E-state index in [1.54, 1.807) is 29.2 Å². The van der Waals surface area contributed by atoms with Gasteiger partial charge in [0, 0.05) is 18.6 Å². The quantitative estimate of drug-likeness (QED) is 0.755. The minimum atomic E-state index is -0.943. The van der Waals surface area contributed by atoms with Crippen LogP contribution >= 0.6 is 0 Å². The number of halogens is 1. The second-order valence-electron chi connectivity index (χ2n) is 4.20. The molecule has 2 aromatic heterocycles. The first-order valence-corrected chi connectivity index (χ1v) is 5.48. The molecule has 92 valence electrons. The van der Waals surface area contributed by atoms with E-state index in [1.165, 1.54) is 12.1 Å². The highest BCUT2D eigenvalue weighted by Crippen LogP contribution is 2.27. The fourth-order valence-electron chi connectivity index (χ4n) is 1.89. The standard InChI is InChI=1S/C13H11FN2O2/c1-16-6-10(15-7-16)13(17)12-5-8-4-9(14)2-3-11(8)18-12/h2-7,13,17H,1H3. The van der Waals surface area contributed by atoms with Crippen LogP contribution in [-0.4, -0.2) is 14.7 Å². The molecule has 0 bridgehead atoms. The summed E-state index contributed by atoms with van der Waals surface area (Å²) < 4.78 is 20.3. The van der Waals surface area contributed by atoms with E-state index in [0.29, 0.717) is 22.4 Å². The van der Waals surface area contributed by atoms with Gasteiger partial charge in [-0.3, -0.25) is 0 Å². The molecule has 3 aromatic rings. The number of nitrogens with zero attached hydrogens (tertiary/aromatic N) is 2. The van der Waals surface area contributed by atoms with Crippen molar-refractivity contribution in [2.45, 2.75) is 6.10 Å². The van der Waals surface area contributed by atoms with E-state index in [4.69, 9.17) is 4.42 Å². The maximum atomic E-state index is 13.1. The summed E-state index contributed by atoms with van der Waals surface area (Å²) in [5.74, 6) is 0.0245. The first-order valence-electron chi connectivity index (χ1n) is 5.48. The summed E-state index contributed by atoms with van der Waals surface area (Å²) in [5.41, 5.74) is 1.04. The van der Waals surface area contributed by atoms with Crippen LogP contribution in [0.1, 0.15) is 17.6 Å². The van der Waals surface area contributed by atoms with Crippen LogP contribution in [0.4, 0.5) is 4.39 Å². The molecule has 1 atom stereocenters. The van der Waals surface area contributed by atoms with Crippen molar-refractivity contribution in [1.82, 2.24) is 9.55 Å². The Kier molecular flexibility index (Phi) is 2.41. The van der Waals surface area contributed by atoms with Crippen molar-refractivity contribution < 1.29 is 13.9 Å². The average Bonchev–Trinajstić information content (AvgIpc) is 2.93. The molecule has 1 N–H and O–H groups in total. The Morgan fingerprint density at radius 3 is 2.94 bits per heavy atom. The van der Waals surface area contributed by atoms with E-state index >= 15 is 0 Å². The lowest BCUT2D eigenvalue weighted by Crippen LogP contribution is -1.97. The summed E-state index contributed by atoms with van der Waals surface area (Å²) in [7, 11) is 1.82. The van der Waals surface area contributed by atoms with E-state index in [2.05, 4.69) is 4.98 Å². The molecule has 3 rings (SSSR count). The van der Waals surface area contributed by atoms with E-state index in [-0.39, 0.29) is 5.82 Å². The van der Waals surface area contributed by atoms with Gasteiger partial charge in [-0.2, -0.15) is 0 Å². The van der Waals surface area contributed by atoms with Crippen LogP contribution in [0.5, 0.6) is 0 Å². The summed E-state index contributed by atoms with van der Waals surface area (Å²) in [6, 6.07) is 5.85. The number of aliphatic hydroxyl groups is 1. The normalized spacial score (nSPS) is 13.1. The molecule has 1 aromatic carbocycles. The molecule has 0 amide bonds. The molecule has 0 radical (unpaired) electrons. The van der Waals surface area contributed by atoms with Crippen LogP contribution in [-0.2, 0) is 7.05 Å². The molecule has 4 nitrogen and oxygen atoms in total. The number of aromatic nitrogens is 2. The van der Waals surface area contributed by atoms with E-state index in [0.717, 1.165) is 0 Å². The first kappa shape index (κ1) is 11.0. The smallest absolute Gasteiger partial charge is 0.155 e. The van der Waals surface area contributed by atoms with Crippen molar-refractivity contribution in [3.05, 3.63) is 54.1 Å². The molecule has 0 spiro atoms.